The van der Waals surface area contributed by atoms with Gasteiger partial charge in [0.25, 0.3) is 11.6 Å². The van der Waals surface area contributed by atoms with Crippen LogP contribution in [0.2, 0.25) is 0 Å². The molecule has 3 N–H and O–H groups in total. The van der Waals surface area contributed by atoms with E-state index in [2.05, 4.69) is 33.0 Å². The van der Waals surface area contributed by atoms with E-state index in [9.17, 15) is 14.9 Å². The van der Waals surface area contributed by atoms with Crippen molar-refractivity contribution in [2.45, 2.75) is 6.54 Å². The number of nitro groups is 1. The average Bonchev–Trinajstić information content (AvgIpc) is 3.19. The van der Waals surface area contributed by atoms with Crippen LogP contribution in [0.15, 0.2) is 72.8 Å². The lowest BCUT2D eigenvalue weighted by atomic mass is 9.99. The predicted molar refractivity (Wildman–Crippen MR) is 148 cm³/mol. The van der Waals surface area contributed by atoms with Crippen LogP contribution in [0, 0.1) is 10.1 Å². The molecule has 2 aliphatic rings. The first-order valence-electron chi connectivity index (χ1n) is 11.3. The van der Waals surface area contributed by atoms with Gasteiger partial charge in [-0.05, 0) is 29.3 Å². The minimum absolute atomic E-state index is 0. The van der Waals surface area contributed by atoms with Gasteiger partial charge in [-0.1, -0.05) is 42.5 Å². The van der Waals surface area contributed by atoms with Gasteiger partial charge in [0.2, 0.25) is 0 Å². The van der Waals surface area contributed by atoms with Crippen LogP contribution in [0.5, 0.6) is 0 Å². The third-order valence-electron chi connectivity index (χ3n) is 6.11. The molecule has 188 valence electrons. The predicted octanol–water partition coefficient (Wildman–Crippen LogP) is 4.78. The van der Waals surface area contributed by atoms with Crippen molar-refractivity contribution in [1.29, 1.82) is 0 Å². The summed E-state index contributed by atoms with van der Waals surface area (Å²) in [6, 6.07) is 22.1. The van der Waals surface area contributed by atoms with Gasteiger partial charge in [-0.2, -0.15) is 0 Å². The largest absolute Gasteiger partial charge is 0.354 e. The maximum absolute atomic E-state index is 13.0. The Kier molecular flexibility index (Phi) is 9.06. The summed E-state index contributed by atoms with van der Waals surface area (Å²) in [5.41, 5.74) is 4.88. The molecule has 5 rings (SSSR count). The molecular formula is C26H27Cl2N5O3. The number of non-ortho nitro benzene ring substituents is 1. The number of nitrogens with zero attached hydrogens (tertiary/aromatic N) is 2. The molecule has 0 unspecified atom stereocenters. The zero-order valence-electron chi connectivity index (χ0n) is 19.4. The molecule has 1 amide bonds. The molecule has 1 fully saturated rings. The molecule has 2 heterocycles. The lowest BCUT2D eigenvalue weighted by molar-refractivity contribution is -0.384. The third kappa shape index (κ3) is 5.85. The van der Waals surface area contributed by atoms with Crippen molar-refractivity contribution >= 4 is 59.1 Å². The fraction of sp³-hybridized carbons (Fsp3) is 0.192. The topological polar surface area (TPSA) is 99.5 Å². The third-order valence-corrected chi connectivity index (χ3v) is 6.11. The summed E-state index contributed by atoms with van der Waals surface area (Å²) in [6.07, 6.45) is 0. The summed E-state index contributed by atoms with van der Waals surface area (Å²) < 4.78 is 0. The van der Waals surface area contributed by atoms with Crippen LogP contribution in [0.25, 0.3) is 11.3 Å². The highest BCUT2D eigenvalue weighted by atomic mass is 35.5. The molecule has 0 aliphatic carbocycles. The molecule has 0 aromatic heterocycles. The number of fused-ring (bicyclic) bond motifs is 1. The first kappa shape index (κ1) is 27.2. The highest BCUT2D eigenvalue weighted by Crippen LogP contribution is 2.39. The first-order chi connectivity index (χ1) is 16.6. The Balaban J connectivity index is 0.00000180. The molecule has 0 saturated carbocycles. The van der Waals surface area contributed by atoms with E-state index in [4.69, 9.17) is 0 Å². The summed E-state index contributed by atoms with van der Waals surface area (Å²) in [4.78, 5) is 26.3. The van der Waals surface area contributed by atoms with E-state index in [1.807, 2.05) is 42.5 Å². The zero-order valence-corrected chi connectivity index (χ0v) is 21.0. The van der Waals surface area contributed by atoms with Crippen molar-refractivity contribution in [3.05, 3.63) is 99.6 Å². The van der Waals surface area contributed by atoms with Gasteiger partial charge >= 0.3 is 0 Å². The molecule has 3 aromatic rings. The molecule has 36 heavy (non-hydrogen) atoms. The van der Waals surface area contributed by atoms with Crippen molar-refractivity contribution < 1.29 is 9.72 Å². The van der Waals surface area contributed by atoms with Gasteiger partial charge in [-0.25, -0.2) is 0 Å². The van der Waals surface area contributed by atoms with Crippen molar-refractivity contribution in [3.63, 3.8) is 0 Å². The second-order valence-electron chi connectivity index (χ2n) is 8.41. The van der Waals surface area contributed by atoms with E-state index >= 15 is 0 Å². The van der Waals surface area contributed by atoms with Crippen molar-refractivity contribution in [1.82, 2.24) is 10.2 Å². The Labute approximate surface area is 221 Å². The summed E-state index contributed by atoms with van der Waals surface area (Å²) in [6.45, 7) is 4.98. The zero-order chi connectivity index (χ0) is 23.5. The Hall–Kier alpha value is -3.43. The first-order valence-corrected chi connectivity index (χ1v) is 11.3. The highest BCUT2D eigenvalue weighted by Gasteiger charge is 2.30. The van der Waals surface area contributed by atoms with E-state index in [1.54, 1.807) is 6.07 Å². The number of benzene rings is 3. The average molecular weight is 528 g/mol. The SMILES string of the molecule is Cl.Cl.O=C1Nc2ccc([N+](=O)[O-])cc2/C1=C(/Nc1ccc(CN2CCNCC2)cc1)c1ccccc1. The van der Waals surface area contributed by atoms with E-state index in [-0.39, 0.29) is 36.4 Å². The van der Waals surface area contributed by atoms with Crippen LogP contribution in [0.1, 0.15) is 16.7 Å². The molecule has 10 heteroatoms. The van der Waals surface area contributed by atoms with E-state index in [1.165, 1.54) is 17.7 Å². The van der Waals surface area contributed by atoms with Crippen molar-refractivity contribution in [2.24, 2.45) is 0 Å². The maximum atomic E-state index is 13.0. The van der Waals surface area contributed by atoms with Crippen LogP contribution in [-0.4, -0.2) is 41.9 Å². The monoisotopic (exact) mass is 527 g/mol. The van der Waals surface area contributed by atoms with Gasteiger partial charge < -0.3 is 16.0 Å². The fourth-order valence-electron chi connectivity index (χ4n) is 4.37. The molecule has 0 spiro atoms. The number of carbonyl (C=O) groups excluding carboxylic acids is 1. The number of rotatable bonds is 6. The quantitative estimate of drug-likeness (QED) is 0.242. The Morgan fingerprint density at radius 1 is 0.972 bits per heavy atom. The maximum Gasteiger partial charge on any atom is 0.270 e. The van der Waals surface area contributed by atoms with Gasteiger partial charge in [0.1, 0.15) is 0 Å². The Bertz CT molecular complexity index is 1260. The molecule has 3 aromatic carbocycles. The number of nitrogens with one attached hydrogen (secondary N) is 3. The molecule has 0 atom stereocenters. The van der Waals surface area contributed by atoms with Crippen LogP contribution in [-0.2, 0) is 11.3 Å². The number of hydrogen-bond acceptors (Lipinski definition) is 6. The molecule has 1 saturated heterocycles. The minimum atomic E-state index is -0.451. The second kappa shape index (κ2) is 12.0. The lowest BCUT2D eigenvalue weighted by Crippen LogP contribution is -2.42. The van der Waals surface area contributed by atoms with Gasteiger partial charge in [0.05, 0.1) is 16.2 Å². The van der Waals surface area contributed by atoms with Crippen LogP contribution < -0.4 is 16.0 Å². The summed E-state index contributed by atoms with van der Waals surface area (Å²) in [5.74, 6) is -0.294. The smallest absolute Gasteiger partial charge is 0.270 e. The van der Waals surface area contributed by atoms with Crippen LogP contribution >= 0.6 is 24.8 Å². The summed E-state index contributed by atoms with van der Waals surface area (Å²) >= 11 is 0. The normalized spacial score (nSPS) is 16.2. The number of halogens is 2. The van der Waals surface area contributed by atoms with E-state index in [0.717, 1.165) is 44.0 Å². The number of anilines is 2. The molecular weight excluding hydrogens is 501 g/mol. The van der Waals surface area contributed by atoms with Crippen molar-refractivity contribution in [3.8, 4) is 0 Å². The second-order valence-corrected chi connectivity index (χ2v) is 8.41. The Morgan fingerprint density at radius 3 is 2.33 bits per heavy atom. The summed E-state index contributed by atoms with van der Waals surface area (Å²) in [7, 11) is 0. The van der Waals surface area contributed by atoms with Gasteiger partial charge in [0, 0.05) is 61.8 Å². The minimum Gasteiger partial charge on any atom is -0.354 e. The van der Waals surface area contributed by atoms with Crippen LogP contribution in [0.4, 0.5) is 17.1 Å². The van der Waals surface area contributed by atoms with Gasteiger partial charge in [-0.3, -0.25) is 19.8 Å². The van der Waals surface area contributed by atoms with Gasteiger partial charge in [-0.15, -0.1) is 24.8 Å². The van der Waals surface area contributed by atoms with Crippen LogP contribution in [0.3, 0.4) is 0 Å². The molecule has 8 nitrogen and oxygen atoms in total. The van der Waals surface area contributed by atoms with E-state index < -0.39 is 4.92 Å². The van der Waals surface area contributed by atoms with E-state index in [0.29, 0.717) is 22.5 Å². The number of amides is 1. The highest BCUT2D eigenvalue weighted by molar-refractivity contribution is 6.37. The number of hydrogen-bond donors (Lipinski definition) is 3. The van der Waals surface area contributed by atoms with Crippen molar-refractivity contribution in [2.75, 3.05) is 36.8 Å². The van der Waals surface area contributed by atoms with Gasteiger partial charge in [0.15, 0.2) is 0 Å². The molecule has 2 aliphatic heterocycles. The Morgan fingerprint density at radius 2 is 1.67 bits per heavy atom. The molecule has 0 radical (unpaired) electrons. The standard InChI is InChI=1S/C26H25N5O3.2ClH/c32-26-24(22-16-21(31(33)34)10-11-23(22)29-26)25(19-4-2-1-3-5-19)28-20-8-6-18(7-9-20)17-30-14-12-27-13-15-30;;/h1-11,16,27-28H,12-15,17H2,(H,29,32);2*1H/b25-24-;;. The summed E-state index contributed by atoms with van der Waals surface area (Å²) in [5, 5.41) is 21.0. The fourth-order valence-corrected chi connectivity index (χ4v) is 4.37. The number of nitro benzene ring substituents is 1. The molecule has 0 bridgehead atoms. The number of carbonyl (C=O) groups is 1. The lowest BCUT2D eigenvalue weighted by Gasteiger charge is -2.27. The number of piperazine rings is 1.